The maximum Gasteiger partial charge on any atom is 0.116 e. The molecule has 0 radical (unpaired) electrons. The lowest BCUT2D eigenvalue weighted by molar-refractivity contribution is -0.106. The first-order valence-corrected chi connectivity index (χ1v) is 7.05. The molecule has 2 aromatic carbocycles. The summed E-state index contributed by atoms with van der Waals surface area (Å²) in [5, 5.41) is 6.78. The molecule has 3 nitrogen and oxygen atoms in total. The van der Waals surface area contributed by atoms with Gasteiger partial charge in [-0.1, -0.05) is 24.3 Å². The third-order valence-corrected chi connectivity index (χ3v) is 3.26. The molecule has 0 saturated carbocycles. The van der Waals surface area contributed by atoms with Gasteiger partial charge >= 0.3 is 0 Å². The SMILES string of the molecule is CC=O.CNc1c(C)cc(C)c(Nc2ccccc2)c1C. The highest BCUT2D eigenvalue weighted by molar-refractivity contribution is 5.75. The molecular formula is C18H24N2O. The third kappa shape index (κ3) is 4.35. The Kier molecular flexibility index (Phi) is 6.47. The van der Waals surface area contributed by atoms with Crippen molar-refractivity contribution in [1.29, 1.82) is 0 Å². The molecule has 0 fully saturated rings. The van der Waals surface area contributed by atoms with Crippen molar-refractivity contribution < 1.29 is 4.79 Å². The summed E-state index contributed by atoms with van der Waals surface area (Å²) in [6, 6.07) is 12.5. The molecule has 0 aliphatic heterocycles. The molecule has 3 heteroatoms. The lowest BCUT2D eigenvalue weighted by Gasteiger charge is -2.18. The topological polar surface area (TPSA) is 41.1 Å². The van der Waals surface area contributed by atoms with Crippen molar-refractivity contribution in [3.63, 3.8) is 0 Å². The van der Waals surface area contributed by atoms with Crippen molar-refractivity contribution >= 4 is 23.3 Å². The normalized spacial score (nSPS) is 9.38. The molecule has 2 rings (SSSR count). The molecule has 112 valence electrons. The second-order valence-corrected chi connectivity index (χ2v) is 4.86. The zero-order valence-corrected chi connectivity index (χ0v) is 13.4. The van der Waals surface area contributed by atoms with Crippen LogP contribution >= 0.6 is 0 Å². The number of rotatable bonds is 3. The van der Waals surface area contributed by atoms with Crippen LogP contribution in [0.25, 0.3) is 0 Å². The molecule has 0 aromatic heterocycles. The van der Waals surface area contributed by atoms with E-state index in [0.29, 0.717) is 0 Å². The van der Waals surface area contributed by atoms with Gasteiger partial charge in [0.25, 0.3) is 0 Å². The number of benzene rings is 2. The Morgan fingerprint density at radius 1 is 0.952 bits per heavy atom. The number of aldehydes is 1. The first kappa shape index (κ1) is 16.8. The summed E-state index contributed by atoms with van der Waals surface area (Å²) >= 11 is 0. The predicted molar refractivity (Wildman–Crippen MR) is 91.7 cm³/mol. The van der Waals surface area contributed by atoms with Crippen LogP contribution in [0.2, 0.25) is 0 Å². The van der Waals surface area contributed by atoms with E-state index in [1.165, 1.54) is 35.0 Å². The van der Waals surface area contributed by atoms with Gasteiger partial charge in [-0.25, -0.2) is 0 Å². The van der Waals surface area contributed by atoms with Crippen LogP contribution < -0.4 is 10.6 Å². The van der Waals surface area contributed by atoms with Gasteiger partial charge in [0.1, 0.15) is 6.29 Å². The molecular weight excluding hydrogens is 260 g/mol. The van der Waals surface area contributed by atoms with E-state index in [1.54, 1.807) is 0 Å². The van der Waals surface area contributed by atoms with Gasteiger partial charge < -0.3 is 15.4 Å². The van der Waals surface area contributed by atoms with Crippen molar-refractivity contribution in [3.8, 4) is 0 Å². The number of hydrogen-bond donors (Lipinski definition) is 2. The zero-order chi connectivity index (χ0) is 15.8. The van der Waals surface area contributed by atoms with Crippen LogP contribution in [-0.4, -0.2) is 13.3 Å². The molecule has 0 aliphatic rings. The summed E-state index contributed by atoms with van der Waals surface area (Å²) in [6.07, 6.45) is 0.750. The van der Waals surface area contributed by atoms with E-state index in [9.17, 15) is 0 Å². The number of para-hydroxylation sites is 1. The number of nitrogens with one attached hydrogen (secondary N) is 2. The lowest BCUT2D eigenvalue weighted by atomic mass is 10.0. The maximum atomic E-state index is 8.81. The Balaban J connectivity index is 0.000000677. The highest BCUT2D eigenvalue weighted by atomic mass is 16.1. The van der Waals surface area contributed by atoms with Crippen molar-refractivity contribution in [3.05, 3.63) is 53.1 Å². The van der Waals surface area contributed by atoms with Crippen molar-refractivity contribution in [1.82, 2.24) is 0 Å². The number of hydrogen-bond acceptors (Lipinski definition) is 3. The van der Waals surface area contributed by atoms with E-state index >= 15 is 0 Å². The number of anilines is 3. The van der Waals surface area contributed by atoms with E-state index in [4.69, 9.17) is 4.79 Å². The molecule has 0 atom stereocenters. The monoisotopic (exact) mass is 284 g/mol. The fourth-order valence-electron chi connectivity index (χ4n) is 2.43. The van der Waals surface area contributed by atoms with Gasteiger partial charge in [0.15, 0.2) is 0 Å². The number of aryl methyl sites for hydroxylation is 2. The lowest BCUT2D eigenvalue weighted by Crippen LogP contribution is -2.02. The van der Waals surface area contributed by atoms with Crippen LogP contribution in [0.5, 0.6) is 0 Å². The highest BCUT2D eigenvalue weighted by Crippen LogP contribution is 2.32. The molecule has 21 heavy (non-hydrogen) atoms. The number of carbonyl (C=O) groups excluding carboxylic acids is 1. The second-order valence-electron chi connectivity index (χ2n) is 4.86. The fraction of sp³-hybridized carbons (Fsp3) is 0.278. The molecule has 0 amide bonds. The van der Waals surface area contributed by atoms with Crippen LogP contribution in [0.3, 0.4) is 0 Å². The predicted octanol–water partition coefficient (Wildman–Crippen LogP) is 4.60. The Labute approximate surface area is 127 Å². The van der Waals surface area contributed by atoms with Crippen molar-refractivity contribution in [2.24, 2.45) is 0 Å². The van der Waals surface area contributed by atoms with Crippen LogP contribution in [-0.2, 0) is 4.79 Å². The van der Waals surface area contributed by atoms with Crippen molar-refractivity contribution in [2.75, 3.05) is 17.7 Å². The molecule has 0 saturated heterocycles. The average molecular weight is 284 g/mol. The van der Waals surface area contributed by atoms with Crippen LogP contribution in [0.4, 0.5) is 17.1 Å². The summed E-state index contributed by atoms with van der Waals surface area (Å²) in [5.74, 6) is 0. The molecule has 2 aromatic rings. The van der Waals surface area contributed by atoms with E-state index < -0.39 is 0 Å². The van der Waals surface area contributed by atoms with E-state index in [0.717, 1.165) is 12.0 Å². The highest BCUT2D eigenvalue weighted by Gasteiger charge is 2.09. The Bertz CT molecular complexity index is 592. The Morgan fingerprint density at radius 2 is 1.48 bits per heavy atom. The van der Waals surface area contributed by atoms with Crippen LogP contribution in [0.15, 0.2) is 36.4 Å². The quantitative estimate of drug-likeness (QED) is 0.809. The molecule has 0 unspecified atom stereocenters. The van der Waals surface area contributed by atoms with Crippen molar-refractivity contribution in [2.45, 2.75) is 27.7 Å². The molecule has 0 bridgehead atoms. The van der Waals surface area contributed by atoms with Gasteiger partial charge in [-0.05, 0) is 56.5 Å². The molecule has 0 spiro atoms. The van der Waals surface area contributed by atoms with E-state index in [-0.39, 0.29) is 0 Å². The Hall–Kier alpha value is -2.29. The number of carbonyl (C=O) groups is 1. The molecule has 2 N–H and O–H groups in total. The standard InChI is InChI=1S/C16H20N2.C2H4O/c1-11-10-12(2)16(13(3)15(11)17-4)18-14-8-6-5-7-9-14;1-2-3/h5-10,17-18H,1-4H3;2H,1H3. The molecule has 0 heterocycles. The first-order valence-electron chi connectivity index (χ1n) is 7.05. The second kappa shape index (κ2) is 8.10. The largest absolute Gasteiger partial charge is 0.388 e. The minimum Gasteiger partial charge on any atom is -0.388 e. The minimum absolute atomic E-state index is 0.750. The van der Waals surface area contributed by atoms with Gasteiger partial charge in [0.2, 0.25) is 0 Å². The van der Waals surface area contributed by atoms with Gasteiger partial charge in [-0.2, -0.15) is 0 Å². The summed E-state index contributed by atoms with van der Waals surface area (Å²) in [5.41, 5.74) is 7.34. The summed E-state index contributed by atoms with van der Waals surface area (Å²) in [6.45, 7) is 7.87. The van der Waals surface area contributed by atoms with Gasteiger partial charge in [0.05, 0.1) is 0 Å². The average Bonchev–Trinajstić information content (AvgIpc) is 2.46. The van der Waals surface area contributed by atoms with Crippen LogP contribution in [0.1, 0.15) is 23.6 Å². The maximum absolute atomic E-state index is 8.81. The van der Waals surface area contributed by atoms with E-state index in [1.807, 2.05) is 25.2 Å². The smallest absolute Gasteiger partial charge is 0.116 e. The first-order chi connectivity index (χ1) is 10.0. The summed E-state index contributed by atoms with van der Waals surface area (Å²) in [7, 11) is 1.97. The van der Waals surface area contributed by atoms with Gasteiger partial charge in [0, 0.05) is 24.1 Å². The fourth-order valence-corrected chi connectivity index (χ4v) is 2.43. The van der Waals surface area contributed by atoms with E-state index in [2.05, 4.69) is 49.6 Å². The Morgan fingerprint density at radius 3 is 2.00 bits per heavy atom. The summed E-state index contributed by atoms with van der Waals surface area (Å²) < 4.78 is 0. The summed E-state index contributed by atoms with van der Waals surface area (Å²) in [4.78, 5) is 8.81. The minimum atomic E-state index is 0.750. The van der Waals surface area contributed by atoms with Crippen LogP contribution in [0, 0.1) is 20.8 Å². The zero-order valence-electron chi connectivity index (χ0n) is 13.4. The van der Waals surface area contributed by atoms with Gasteiger partial charge in [-0.15, -0.1) is 0 Å². The third-order valence-electron chi connectivity index (χ3n) is 3.26. The molecule has 0 aliphatic carbocycles. The van der Waals surface area contributed by atoms with Gasteiger partial charge in [-0.3, -0.25) is 0 Å².